The zero-order chi connectivity index (χ0) is 17.1. The Hall–Kier alpha value is -2.86. The summed E-state index contributed by atoms with van der Waals surface area (Å²) in [4.78, 5) is 24.5. The van der Waals surface area contributed by atoms with Gasteiger partial charge in [-0.1, -0.05) is 17.7 Å². The minimum atomic E-state index is -0.800. The molecule has 122 valence electrons. The monoisotopic (exact) mass is 343 g/mol. The number of halogens is 1. The summed E-state index contributed by atoms with van der Waals surface area (Å²) >= 11 is 5.90. The van der Waals surface area contributed by atoms with E-state index in [9.17, 15) is 9.59 Å². The van der Waals surface area contributed by atoms with Crippen molar-refractivity contribution in [3.8, 4) is 11.5 Å². The van der Waals surface area contributed by atoms with Crippen molar-refractivity contribution in [2.45, 2.75) is 13.0 Å². The van der Waals surface area contributed by atoms with E-state index in [2.05, 4.69) is 10.4 Å². The molecule has 1 N–H and O–H groups in total. The Morgan fingerprint density at radius 3 is 2.79 bits per heavy atom. The molecule has 1 unspecified atom stereocenters. The van der Waals surface area contributed by atoms with Crippen LogP contribution in [-0.4, -0.2) is 15.7 Å². The van der Waals surface area contributed by atoms with Crippen LogP contribution in [-0.2, 0) is 4.79 Å². The Balaban J connectivity index is 1.86. The molecule has 1 atom stereocenters. The number of carbonyl (C=O) groups is 1. The Bertz CT molecular complexity index is 919. The Morgan fingerprint density at radius 2 is 2.08 bits per heavy atom. The number of aromatic nitrogens is 2. The molecule has 2 aromatic heterocycles. The lowest BCUT2D eigenvalue weighted by Crippen LogP contribution is -2.33. The van der Waals surface area contributed by atoms with Gasteiger partial charge in [-0.05, 0) is 43.3 Å². The molecule has 1 aromatic carbocycles. The highest BCUT2D eigenvalue weighted by atomic mass is 35.5. The third-order valence-corrected chi connectivity index (χ3v) is 3.67. The number of nitrogens with one attached hydrogen (secondary N) is 1. The van der Waals surface area contributed by atoms with E-state index < -0.39 is 6.04 Å². The van der Waals surface area contributed by atoms with E-state index in [0.29, 0.717) is 22.2 Å². The van der Waals surface area contributed by atoms with Gasteiger partial charge in [-0.25, -0.2) is 4.68 Å². The number of hydrogen-bond donors (Lipinski definition) is 1. The van der Waals surface area contributed by atoms with Crippen LogP contribution in [0.25, 0.3) is 11.5 Å². The number of furan rings is 1. The van der Waals surface area contributed by atoms with Gasteiger partial charge in [0.15, 0.2) is 5.76 Å². The van der Waals surface area contributed by atoms with E-state index in [-0.39, 0.29) is 11.5 Å². The lowest BCUT2D eigenvalue weighted by molar-refractivity contribution is -0.119. The summed E-state index contributed by atoms with van der Waals surface area (Å²) in [5.74, 6) is 0.148. The highest BCUT2D eigenvalue weighted by Crippen LogP contribution is 2.18. The van der Waals surface area contributed by atoms with Crippen molar-refractivity contribution in [1.29, 1.82) is 0 Å². The van der Waals surface area contributed by atoms with Gasteiger partial charge in [0.1, 0.15) is 11.7 Å². The normalized spacial score (nSPS) is 11.9. The van der Waals surface area contributed by atoms with Crippen LogP contribution < -0.4 is 10.9 Å². The molecule has 0 spiro atoms. The molecule has 0 saturated carbocycles. The third kappa shape index (κ3) is 3.38. The van der Waals surface area contributed by atoms with Gasteiger partial charge < -0.3 is 9.73 Å². The predicted molar refractivity (Wildman–Crippen MR) is 91.0 cm³/mol. The molecule has 3 aromatic rings. The fourth-order valence-electron chi connectivity index (χ4n) is 2.18. The van der Waals surface area contributed by atoms with Crippen LogP contribution in [0.3, 0.4) is 0 Å². The summed E-state index contributed by atoms with van der Waals surface area (Å²) in [5.41, 5.74) is 0.649. The van der Waals surface area contributed by atoms with Crippen LogP contribution in [0.2, 0.25) is 5.02 Å². The molecular formula is C17H14ClN3O3. The van der Waals surface area contributed by atoms with Crippen molar-refractivity contribution in [1.82, 2.24) is 9.78 Å². The summed E-state index contributed by atoms with van der Waals surface area (Å²) in [6.45, 7) is 1.60. The second kappa shape index (κ2) is 6.72. The average Bonchev–Trinajstić information content (AvgIpc) is 3.09. The third-order valence-electron chi connectivity index (χ3n) is 3.44. The highest BCUT2D eigenvalue weighted by molar-refractivity contribution is 6.30. The Labute approximate surface area is 142 Å². The Kier molecular flexibility index (Phi) is 4.48. The van der Waals surface area contributed by atoms with Gasteiger partial charge in [-0.2, -0.15) is 5.10 Å². The first-order valence-corrected chi connectivity index (χ1v) is 7.62. The lowest BCUT2D eigenvalue weighted by Gasteiger charge is -2.14. The topological polar surface area (TPSA) is 77.1 Å². The molecule has 0 aliphatic heterocycles. The van der Waals surface area contributed by atoms with Gasteiger partial charge in [-0.15, -0.1) is 0 Å². The smallest absolute Gasteiger partial charge is 0.267 e. The number of nitrogens with zero attached hydrogens (tertiary/aromatic N) is 2. The van der Waals surface area contributed by atoms with Crippen molar-refractivity contribution < 1.29 is 9.21 Å². The van der Waals surface area contributed by atoms with Crippen LogP contribution in [0.1, 0.15) is 13.0 Å². The number of rotatable bonds is 4. The first-order valence-electron chi connectivity index (χ1n) is 7.25. The summed E-state index contributed by atoms with van der Waals surface area (Å²) in [6.07, 6.45) is 1.52. The molecule has 0 saturated heterocycles. The average molecular weight is 344 g/mol. The minimum absolute atomic E-state index is 0.372. The van der Waals surface area contributed by atoms with Gasteiger partial charge in [0, 0.05) is 16.8 Å². The van der Waals surface area contributed by atoms with Crippen molar-refractivity contribution in [2.24, 2.45) is 0 Å². The standard InChI is InChI=1S/C17H14ClN3O3/c1-11(17(23)19-13-5-2-4-12(18)10-13)21-16(22)8-7-14(20-21)15-6-3-9-24-15/h2-11H,1H3,(H,19,23). The summed E-state index contributed by atoms with van der Waals surface area (Å²) in [5, 5.41) is 7.44. The Morgan fingerprint density at radius 1 is 1.25 bits per heavy atom. The van der Waals surface area contributed by atoms with Gasteiger partial charge in [0.05, 0.1) is 6.26 Å². The van der Waals surface area contributed by atoms with Crippen molar-refractivity contribution in [3.05, 3.63) is 70.2 Å². The molecule has 0 bridgehead atoms. The first kappa shape index (κ1) is 16.0. The van der Waals surface area contributed by atoms with Gasteiger partial charge in [0.25, 0.3) is 5.56 Å². The molecule has 0 fully saturated rings. The van der Waals surface area contributed by atoms with E-state index in [1.807, 2.05) is 0 Å². The lowest BCUT2D eigenvalue weighted by atomic mass is 10.2. The molecule has 7 heteroatoms. The molecule has 0 aliphatic rings. The summed E-state index contributed by atoms with van der Waals surface area (Å²) in [6, 6.07) is 12.3. The molecule has 24 heavy (non-hydrogen) atoms. The molecular weight excluding hydrogens is 330 g/mol. The number of benzene rings is 1. The quantitative estimate of drug-likeness (QED) is 0.788. The van der Waals surface area contributed by atoms with Crippen LogP contribution in [0, 0.1) is 0 Å². The van der Waals surface area contributed by atoms with Crippen LogP contribution in [0.5, 0.6) is 0 Å². The highest BCUT2D eigenvalue weighted by Gasteiger charge is 2.18. The second-order valence-corrected chi connectivity index (χ2v) is 5.59. The second-order valence-electron chi connectivity index (χ2n) is 5.15. The zero-order valence-electron chi connectivity index (χ0n) is 12.8. The van der Waals surface area contributed by atoms with Crippen molar-refractivity contribution in [3.63, 3.8) is 0 Å². The molecule has 0 radical (unpaired) electrons. The maximum atomic E-state index is 12.4. The van der Waals surface area contributed by atoms with E-state index in [1.54, 1.807) is 49.4 Å². The molecule has 3 rings (SSSR count). The van der Waals surface area contributed by atoms with E-state index >= 15 is 0 Å². The van der Waals surface area contributed by atoms with Crippen LogP contribution in [0.15, 0.2) is 64.0 Å². The van der Waals surface area contributed by atoms with Gasteiger partial charge in [-0.3, -0.25) is 9.59 Å². The summed E-state index contributed by atoms with van der Waals surface area (Å²) in [7, 11) is 0. The maximum absolute atomic E-state index is 12.4. The van der Waals surface area contributed by atoms with E-state index in [4.69, 9.17) is 16.0 Å². The van der Waals surface area contributed by atoms with Crippen molar-refractivity contribution in [2.75, 3.05) is 5.32 Å². The number of hydrogen-bond acceptors (Lipinski definition) is 4. The molecule has 6 nitrogen and oxygen atoms in total. The SMILES string of the molecule is CC(C(=O)Nc1cccc(Cl)c1)n1nc(-c2ccco2)ccc1=O. The first-order chi connectivity index (χ1) is 11.5. The number of anilines is 1. The minimum Gasteiger partial charge on any atom is -0.463 e. The fourth-order valence-corrected chi connectivity index (χ4v) is 2.37. The van der Waals surface area contributed by atoms with E-state index in [1.165, 1.54) is 12.3 Å². The zero-order valence-corrected chi connectivity index (χ0v) is 13.5. The fraction of sp³-hybridized carbons (Fsp3) is 0.118. The molecule has 1 amide bonds. The predicted octanol–water partition coefficient (Wildman–Crippen LogP) is 3.36. The van der Waals surface area contributed by atoms with Gasteiger partial charge >= 0.3 is 0 Å². The van der Waals surface area contributed by atoms with Crippen LogP contribution >= 0.6 is 11.6 Å². The van der Waals surface area contributed by atoms with Crippen LogP contribution in [0.4, 0.5) is 5.69 Å². The number of carbonyl (C=O) groups excluding carboxylic acids is 1. The largest absolute Gasteiger partial charge is 0.463 e. The molecule has 2 heterocycles. The maximum Gasteiger partial charge on any atom is 0.267 e. The van der Waals surface area contributed by atoms with Crippen molar-refractivity contribution >= 4 is 23.2 Å². The molecule has 0 aliphatic carbocycles. The van der Waals surface area contributed by atoms with Gasteiger partial charge in [0.2, 0.25) is 5.91 Å². The summed E-state index contributed by atoms with van der Waals surface area (Å²) < 4.78 is 6.39. The number of amides is 1. The van der Waals surface area contributed by atoms with E-state index in [0.717, 1.165) is 4.68 Å².